The van der Waals surface area contributed by atoms with E-state index in [0.29, 0.717) is 12.3 Å². The molecule has 136 valence electrons. The van der Waals surface area contributed by atoms with Crippen molar-refractivity contribution in [2.75, 3.05) is 13.1 Å². The van der Waals surface area contributed by atoms with Crippen LogP contribution in [0, 0.1) is 6.92 Å². The first-order chi connectivity index (χ1) is 12.6. The Balaban J connectivity index is 1.63. The van der Waals surface area contributed by atoms with Gasteiger partial charge in [0.2, 0.25) is 0 Å². The Morgan fingerprint density at radius 1 is 1.00 bits per heavy atom. The number of nitrogens with one attached hydrogen (secondary N) is 1. The van der Waals surface area contributed by atoms with E-state index in [1.165, 1.54) is 5.56 Å². The Kier molecular flexibility index (Phi) is 5.74. The lowest BCUT2D eigenvalue weighted by atomic mass is 10.1. The lowest BCUT2D eigenvalue weighted by Crippen LogP contribution is -2.23. The molecule has 1 heterocycles. The monoisotopic (exact) mass is 350 g/mol. The molecule has 3 aromatic rings. The van der Waals surface area contributed by atoms with E-state index in [9.17, 15) is 4.79 Å². The molecular weight excluding hydrogens is 324 g/mol. The van der Waals surface area contributed by atoms with Crippen LogP contribution in [0.3, 0.4) is 0 Å². The molecule has 1 aromatic heterocycles. The second-order valence-corrected chi connectivity index (χ2v) is 6.51. The number of aryl methyl sites for hydroxylation is 1. The lowest BCUT2D eigenvalue weighted by Gasteiger charge is -2.18. The number of nitrogens with zero attached hydrogens (tertiary/aromatic N) is 1. The fourth-order valence-corrected chi connectivity index (χ4v) is 3.12. The average molecular weight is 350 g/mol. The van der Waals surface area contributed by atoms with Crippen molar-refractivity contribution in [2.24, 2.45) is 0 Å². The SMILES string of the molecule is CCN(CC)Cc1ccc(CNC(=O)c2oc3ccccc3c2C)cc1. The summed E-state index contributed by atoms with van der Waals surface area (Å²) in [7, 11) is 0. The van der Waals surface area contributed by atoms with Crippen molar-refractivity contribution in [2.45, 2.75) is 33.9 Å². The summed E-state index contributed by atoms with van der Waals surface area (Å²) in [5, 5.41) is 3.94. The maximum Gasteiger partial charge on any atom is 0.287 e. The molecule has 0 saturated carbocycles. The standard InChI is InChI=1S/C22H26N2O2/c1-4-24(5-2)15-18-12-10-17(11-13-18)14-23-22(25)21-16(3)19-8-6-7-9-20(19)26-21/h6-13H,4-5,14-15H2,1-3H3,(H,23,25). The van der Waals surface area contributed by atoms with Crippen molar-refractivity contribution < 1.29 is 9.21 Å². The van der Waals surface area contributed by atoms with Crippen LogP contribution in [0.1, 0.15) is 41.1 Å². The Labute approximate surface area is 154 Å². The minimum absolute atomic E-state index is 0.175. The van der Waals surface area contributed by atoms with E-state index >= 15 is 0 Å². The van der Waals surface area contributed by atoms with Crippen molar-refractivity contribution in [3.05, 3.63) is 71.0 Å². The Morgan fingerprint density at radius 3 is 2.31 bits per heavy atom. The molecule has 0 aliphatic heterocycles. The van der Waals surface area contributed by atoms with Gasteiger partial charge in [0.1, 0.15) is 5.58 Å². The van der Waals surface area contributed by atoms with Gasteiger partial charge in [-0.3, -0.25) is 9.69 Å². The molecule has 0 spiro atoms. The second kappa shape index (κ2) is 8.19. The maximum absolute atomic E-state index is 12.5. The maximum atomic E-state index is 12.5. The molecule has 0 atom stereocenters. The number of rotatable bonds is 7. The third-order valence-corrected chi connectivity index (χ3v) is 4.83. The summed E-state index contributed by atoms with van der Waals surface area (Å²) >= 11 is 0. The number of hydrogen-bond donors (Lipinski definition) is 1. The fraction of sp³-hybridized carbons (Fsp3) is 0.318. The summed E-state index contributed by atoms with van der Waals surface area (Å²) in [5.41, 5.74) is 4.00. The van der Waals surface area contributed by atoms with Crippen LogP contribution in [-0.2, 0) is 13.1 Å². The van der Waals surface area contributed by atoms with Crippen molar-refractivity contribution >= 4 is 16.9 Å². The molecule has 26 heavy (non-hydrogen) atoms. The molecule has 0 unspecified atom stereocenters. The highest BCUT2D eigenvalue weighted by Gasteiger charge is 2.16. The van der Waals surface area contributed by atoms with Crippen LogP contribution in [0.25, 0.3) is 11.0 Å². The van der Waals surface area contributed by atoms with Crippen LogP contribution in [0.15, 0.2) is 52.9 Å². The number of carbonyl (C=O) groups is 1. The molecule has 0 saturated heterocycles. The Bertz CT molecular complexity index is 877. The first-order valence-electron chi connectivity index (χ1n) is 9.18. The Morgan fingerprint density at radius 2 is 1.65 bits per heavy atom. The minimum atomic E-state index is -0.175. The first-order valence-corrected chi connectivity index (χ1v) is 9.18. The van der Waals surface area contributed by atoms with E-state index < -0.39 is 0 Å². The van der Waals surface area contributed by atoms with E-state index in [0.717, 1.165) is 41.7 Å². The molecule has 2 aromatic carbocycles. The highest BCUT2D eigenvalue weighted by molar-refractivity contribution is 5.98. The quantitative estimate of drug-likeness (QED) is 0.682. The first kappa shape index (κ1) is 18.2. The average Bonchev–Trinajstić information content (AvgIpc) is 3.02. The van der Waals surface area contributed by atoms with Crippen LogP contribution in [0.5, 0.6) is 0 Å². The molecular formula is C22H26N2O2. The van der Waals surface area contributed by atoms with Crippen molar-refractivity contribution in [3.8, 4) is 0 Å². The fourth-order valence-electron chi connectivity index (χ4n) is 3.12. The summed E-state index contributed by atoms with van der Waals surface area (Å²) < 4.78 is 5.72. The van der Waals surface area contributed by atoms with E-state index in [4.69, 9.17) is 4.42 Å². The van der Waals surface area contributed by atoms with Crippen molar-refractivity contribution in [3.63, 3.8) is 0 Å². The zero-order valence-corrected chi connectivity index (χ0v) is 15.7. The van der Waals surface area contributed by atoms with Crippen molar-refractivity contribution in [1.82, 2.24) is 10.2 Å². The summed E-state index contributed by atoms with van der Waals surface area (Å²) in [6.07, 6.45) is 0. The molecule has 0 radical (unpaired) electrons. The van der Waals surface area contributed by atoms with Gasteiger partial charge in [-0.2, -0.15) is 0 Å². The van der Waals surface area contributed by atoms with E-state index in [2.05, 4.69) is 48.3 Å². The molecule has 0 fully saturated rings. The van der Waals surface area contributed by atoms with Gasteiger partial charge in [0, 0.05) is 24.0 Å². The molecule has 0 aliphatic carbocycles. The third kappa shape index (κ3) is 3.97. The van der Waals surface area contributed by atoms with Gasteiger partial charge in [-0.15, -0.1) is 0 Å². The number of amides is 1. The Hall–Kier alpha value is -2.59. The topological polar surface area (TPSA) is 45.5 Å². The number of hydrogen-bond acceptors (Lipinski definition) is 3. The zero-order chi connectivity index (χ0) is 18.5. The number of furan rings is 1. The number of carbonyl (C=O) groups excluding carboxylic acids is 1. The molecule has 4 nitrogen and oxygen atoms in total. The molecule has 3 rings (SSSR count). The highest BCUT2D eigenvalue weighted by atomic mass is 16.3. The van der Waals surface area contributed by atoms with E-state index in [1.807, 2.05) is 31.2 Å². The number of benzene rings is 2. The van der Waals surface area contributed by atoms with Gasteiger partial charge < -0.3 is 9.73 Å². The summed E-state index contributed by atoms with van der Waals surface area (Å²) in [6.45, 7) is 9.80. The molecule has 1 amide bonds. The van der Waals surface area contributed by atoms with Gasteiger partial charge in [0.15, 0.2) is 5.76 Å². The predicted molar refractivity (Wildman–Crippen MR) is 105 cm³/mol. The molecule has 1 N–H and O–H groups in total. The normalized spacial score (nSPS) is 11.2. The lowest BCUT2D eigenvalue weighted by molar-refractivity contribution is 0.0924. The van der Waals surface area contributed by atoms with Crippen LogP contribution >= 0.6 is 0 Å². The van der Waals surface area contributed by atoms with Crippen LogP contribution in [-0.4, -0.2) is 23.9 Å². The predicted octanol–water partition coefficient (Wildman–Crippen LogP) is 4.51. The zero-order valence-electron chi connectivity index (χ0n) is 15.7. The van der Waals surface area contributed by atoms with Crippen LogP contribution in [0.2, 0.25) is 0 Å². The second-order valence-electron chi connectivity index (χ2n) is 6.51. The van der Waals surface area contributed by atoms with Crippen LogP contribution < -0.4 is 5.32 Å². The summed E-state index contributed by atoms with van der Waals surface area (Å²) in [5.74, 6) is 0.218. The van der Waals surface area contributed by atoms with Gasteiger partial charge >= 0.3 is 0 Å². The van der Waals surface area contributed by atoms with Gasteiger partial charge in [0.05, 0.1) is 0 Å². The summed E-state index contributed by atoms with van der Waals surface area (Å²) in [4.78, 5) is 14.9. The minimum Gasteiger partial charge on any atom is -0.451 e. The number of para-hydroxylation sites is 1. The van der Waals surface area contributed by atoms with Gasteiger partial charge in [-0.1, -0.05) is 56.3 Å². The smallest absolute Gasteiger partial charge is 0.287 e. The van der Waals surface area contributed by atoms with Crippen LogP contribution in [0.4, 0.5) is 0 Å². The third-order valence-electron chi connectivity index (χ3n) is 4.83. The number of fused-ring (bicyclic) bond motifs is 1. The van der Waals surface area contributed by atoms with Gasteiger partial charge in [0.25, 0.3) is 5.91 Å². The molecule has 4 heteroatoms. The van der Waals surface area contributed by atoms with E-state index in [-0.39, 0.29) is 5.91 Å². The van der Waals surface area contributed by atoms with Gasteiger partial charge in [-0.05, 0) is 37.2 Å². The van der Waals surface area contributed by atoms with Crippen molar-refractivity contribution in [1.29, 1.82) is 0 Å². The van der Waals surface area contributed by atoms with Gasteiger partial charge in [-0.25, -0.2) is 0 Å². The largest absolute Gasteiger partial charge is 0.451 e. The highest BCUT2D eigenvalue weighted by Crippen LogP contribution is 2.24. The molecule has 0 aliphatic rings. The van der Waals surface area contributed by atoms with E-state index in [1.54, 1.807) is 0 Å². The molecule has 0 bridgehead atoms. The summed E-state index contributed by atoms with van der Waals surface area (Å²) in [6, 6.07) is 16.1.